The number of hydrogen-bond acceptors (Lipinski definition) is 3. The first-order valence-corrected chi connectivity index (χ1v) is 3.52. The van der Waals surface area contributed by atoms with Gasteiger partial charge in [-0.3, -0.25) is 4.79 Å². The molecule has 1 heterocycles. The van der Waals surface area contributed by atoms with Gasteiger partial charge in [-0.15, -0.1) is 0 Å². The van der Waals surface area contributed by atoms with Gasteiger partial charge in [0, 0.05) is 44.1 Å². The van der Waals surface area contributed by atoms with Crippen molar-refractivity contribution < 1.29 is 58.7 Å². The van der Waals surface area contributed by atoms with E-state index < -0.39 is 0 Å². The van der Waals surface area contributed by atoms with E-state index in [1.165, 1.54) is 6.07 Å². The Balaban J connectivity index is 0.000000845. The Morgan fingerprint density at radius 3 is 3.00 bits per heavy atom. The number of benzene rings is 1. The molecule has 0 bridgehead atoms. The van der Waals surface area contributed by atoms with Gasteiger partial charge < -0.3 is 15.2 Å². The average molecular weight is 392 g/mol. The third-order valence-electron chi connectivity index (χ3n) is 1.62. The van der Waals surface area contributed by atoms with Crippen molar-refractivity contribution in [2.24, 2.45) is 0 Å². The monoisotopic (exact) mass is 392 g/mol. The van der Waals surface area contributed by atoms with E-state index in [4.69, 9.17) is 4.74 Å². The maximum atomic E-state index is 10.8. The molecule has 1 aromatic rings. The van der Waals surface area contributed by atoms with Crippen LogP contribution in [0.1, 0.15) is 0 Å². The fourth-order valence-corrected chi connectivity index (χ4v) is 1.10. The molecule has 2 rings (SSSR count). The second-order valence-electron chi connectivity index (χ2n) is 2.49. The number of nitrogens with one attached hydrogen (secondary N) is 1. The number of phenols is 1. The van der Waals surface area contributed by atoms with Crippen LogP contribution in [-0.2, 0) is 4.79 Å². The molecule has 0 saturated carbocycles. The SMILES string of the molecule is O=C1COc2c(O)cccc2N1.[Ac]. The van der Waals surface area contributed by atoms with Crippen molar-refractivity contribution >= 4 is 11.6 Å². The molecule has 1 radical (unpaired) electrons. The molecule has 0 aliphatic carbocycles. The van der Waals surface area contributed by atoms with Crippen molar-refractivity contribution in [3.63, 3.8) is 0 Å². The molecule has 5 heteroatoms. The van der Waals surface area contributed by atoms with Gasteiger partial charge in [0.15, 0.2) is 18.1 Å². The van der Waals surface area contributed by atoms with Crippen LogP contribution in [0.25, 0.3) is 0 Å². The Morgan fingerprint density at radius 1 is 1.46 bits per heavy atom. The van der Waals surface area contributed by atoms with Gasteiger partial charge in [0.25, 0.3) is 5.91 Å². The number of amides is 1. The summed E-state index contributed by atoms with van der Waals surface area (Å²) in [6.07, 6.45) is 0. The summed E-state index contributed by atoms with van der Waals surface area (Å²) in [6.45, 7) is -0.0371. The largest absolute Gasteiger partial charge is 0.504 e. The fourth-order valence-electron chi connectivity index (χ4n) is 1.10. The number of carbonyl (C=O) groups excluding carboxylic acids is 1. The number of ether oxygens (including phenoxy) is 1. The molecule has 13 heavy (non-hydrogen) atoms. The summed E-state index contributed by atoms with van der Waals surface area (Å²) in [6, 6.07) is 4.82. The molecule has 1 amide bonds. The van der Waals surface area contributed by atoms with Crippen molar-refractivity contribution in [1.82, 2.24) is 0 Å². The van der Waals surface area contributed by atoms with Crippen molar-refractivity contribution in [1.29, 1.82) is 0 Å². The third-order valence-corrected chi connectivity index (χ3v) is 1.62. The van der Waals surface area contributed by atoms with Crippen LogP contribution in [0.15, 0.2) is 18.2 Å². The quantitative estimate of drug-likeness (QED) is 0.685. The van der Waals surface area contributed by atoms with E-state index in [1.54, 1.807) is 12.1 Å². The zero-order valence-electron chi connectivity index (χ0n) is 6.78. The minimum absolute atomic E-state index is 0. The summed E-state index contributed by atoms with van der Waals surface area (Å²) in [5.74, 6) is 0.192. The Kier molecular flexibility index (Phi) is 3.57. The van der Waals surface area contributed by atoms with E-state index in [-0.39, 0.29) is 62.3 Å². The zero-order valence-corrected chi connectivity index (χ0v) is 11.5. The molecule has 2 N–H and O–H groups in total. The van der Waals surface area contributed by atoms with Gasteiger partial charge in [0.2, 0.25) is 0 Å². The number of anilines is 1. The number of carbonyl (C=O) groups is 1. The first-order valence-electron chi connectivity index (χ1n) is 3.52. The second-order valence-corrected chi connectivity index (χ2v) is 2.49. The van der Waals surface area contributed by atoms with Gasteiger partial charge in [-0.05, 0) is 12.1 Å². The maximum absolute atomic E-state index is 10.8. The zero-order chi connectivity index (χ0) is 8.55. The summed E-state index contributed by atoms with van der Waals surface area (Å²) in [5.41, 5.74) is 0.520. The third kappa shape index (κ3) is 2.15. The van der Waals surface area contributed by atoms with Crippen LogP contribution in [0.4, 0.5) is 5.69 Å². The van der Waals surface area contributed by atoms with E-state index >= 15 is 0 Å². The van der Waals surface area contributed by atoms with E-state index in [0.29, 0.717) is 11.4 Å². The number of aromatic hydroxyl groups is 1. The van der Waals surface area contributed by atoms with Crippen LogP contribution >= 0.6 is 0 Å². The molecule has 65 valence electrons. The average Bonchev–Trinajstić information content (AvgIpc) is 2.04. The molecule has 0 spiro atoms. The summed E-state index contributed by atoms with van der Waals surface area (Å²) in [4.78, 5) is 10.8. The van der Waals surface area contributed by atoms with Crippen LogP contribution in [0.3, 0.4) is 0 Å². The molecule has 0 fully saturated rings. The standard InChI is InChI=1S/C8H7NO3.Ac/c10-6-3-1-2-5-8(6)12-4-7(11)9-5;/h1-3,10H,4H2,(H,9,11);. The summed E-state index contributed by atoms with van der Waals surface area (Å²) in [7, 11) is 0. The summed E-state index contributed by atoms with van der Waals surface area (Å²) in [5, 5.41) is 11.8. The number of hydrogen-bond donors (Lipinski definition) is 2. The van der Waals surface area contributed by atoms with Crippen LogP contribution < -0.4 is 10.1 Å². The maximum Gasteiger partial charge on any atom is 0.262 e. The Bertz CT molecular complexity index is 340. The van der Waals surface area contributed by atoms with Crippen molar-refractivity contribution in [2.45, 2.75) is 0 Å². The van der Waals surface area contributed by atoms with Gasteiger partial charge in [-0.2, -0.15) is 0 Å². The first-order chi connectivity index (χ1) is 5.77. The van der Waals surface area contributed by atoms with Crippen LogP contribution in [0.2, 0.25) is 0 Å². The Morgan fingerprint density at radius 2 is 2.23 bits per heavy atom. The van der Waals surface area contributed by atoms with Crippen molar-refractivity contribution in [3.05, 3.63) is 18.2 Å². The van der Waals surface area contributed by atoms with Gasteiger partial charge >= 0.3 is 0 Å². The van der Waals surface area contributed by atoms with Gasteiger partial charge in [0.1, 0.15) is 0 Å². The molecule has 1 aromatic carbocycles. The molecule has 1 aliphatic rings. The van der Waals surface area contributed by atoms with E-state index in [0.717, 1.165) is 0 Å². The second kappa shape index (κ2) is 4.30. The van der Waals surface area contributed by atoms with E-state index in [9.17, 15) is 9.90 Å². The molecule has 4 nitrogen and oxygen atoms in total. The first kappa shape index (κ1) is 10.8. The fraction of sp³-hybridized carbons (Fsp3) is 0.125. The van der Waals surface area contributed by atoms with Gasteiger partial charge in [0.05, 0.1) is 5.69 Å². The summed E-state index contributed by atoms with van der Waals surface area (Å²) < 4.78 is 5.00. The van der Waals surface area contributed by atoms with Crippen molar-refractivity contribution in [3.8, 4) is 11.5 Å². The number of fused-ring (bicyclic) bond motifs is 1. The minimum atomic E-state index is -0.201. The van der Waals surface area contributed by atoms with E-state index in [2.05, 4.69) is 5.32 Å². The smallest absolute Gasteiger partial charge is 0.262 e. The van der Waals surface area contributed by atoms with Gasteiger partial charge in [-0.1, -0.05) is 6.07 Å². The molecule has 0 saturated heterocycles. The Labute approximate surface area is 111 Å². The molecule has 0 aromatic heterocycles. The normalized spacial score (nSPS) is 13.4. The predicted molar refractivity (Wildman–Crippen MR) is 42.2 cm³/mol. The topological polar surface area (TPSA) is 58.6 Å². The number of para-hydroxylation sites is 1. The number of phenolic OH excluding ortho intramolecular Hbond substituents is 1. The molecular weight excluding hydrogens is 385 g/mol. The molecule has 0 atom stereocenters. The molecular formula is C8H7AcNO3. The van der Waals surface area contributed by atoms with Crippen molar-refractivity contribution in [2.75, 3.05) is 11.9 Å². The predicted octanol–water partition coefficient (Wildman–Crippen LogP) is 0.723. The Hall–Kier alpha value is -0.268. The van der Waals surface area contributed by atoms with Crippen LogP contribution in [-0.4, -0.2) is 17.6 Å². The van der Waals surface area contributed by atoms with Gasteiger partial charge in [-0.25, -0.2) is 0 Å². The van der Waals surface area contributed by atoms with E-state index in [1.807, 2.05) is 0 Å². The van der Waals surface area contributed by atoms with Crippen LogP contribution in [0, 0.1) is 44.1 Å². The molecule has 0 unspecified atom stereocenters. The number of rotatable bonds is 0. The minimum Gasteiger partial charge on any atom is -0.504 e. The van der Waals surface area contributed by atoms with Crippen LogP contribution in [0.5, 0.6) is 11.5 Å². The summed E-state index contributed by atoms with van der Waals surface area (Å²) >= 11 is 0. The molecule has 1 aliphatic heterocycles.